The Kier molecular flexibility index (Phi) is 6.00. The van der Waals surface area contributed by atoms with Gasteiger partial charge in [0.2, 0.25) is 0 Å². The topological polar surface area (TPSA) is 56.0 Å². The number of piperidine rings is 1. The summed E-state index contributed by atoms with van der Waals surface area (Å²) in [6.45, 7) is 3.25. The van der Waals surface area contributed by atoms with Crippen molar-refractivity contribution in [2.75, 3.05) is 26.7 Å². The van der Waals surface area contributed by atoms with Crippen molar-refractivity contribution >= 4 is 29.4 Å². The molecule has 0 amide bonds. The van der Waals surface area contributed by atoms with Crippen molar-refractivity contribution in [2.45, 2.75) is 12.8 Å². The molecule has 0 unspecified atom stereocenters. The van der Waals surface area contributed by atoms with Crippen LogP contribution in [0.3, 0.4) is 0 Å². The second kappa shape index (κ2) is 8.82. The number of hydrazine groups is 1. The minimum Gasteiger partial charge on any atom is -0.345 e. The highest BCUT2D eigenvalue weighted by molar-refractivity contribution is 7.83. The first-order chi connectivity index (χ1) is 13.7. The van der Waals surface area contributed by atoms with Gasteiger partial charge in [-0.05, 0) is 48.9 Å². The number of nitrogens with zero attached hydrogens (tertiary/aromatic N) is 2. The van der Waals surface area contributed by atoms with Crippen molar-refractivity contribution in [3.63, 3.8) is 0 Å². The molecule has 1 aliphatic rings. The van der Waals surface area contributed by atoms with Crippen LogP contribution in [0, 0.1) is 5.92 Å². The van der Waals surface area contributed by atoms with Gasteiger partial charge < -0.3 is 15.7 Å². The van der Waals surface area contributed by atoms with E-state index in [2.05, 4.69) is 63.6 Å². The maximum atomic E-state index is 4.61. The molecule has 6 heteroatoms. The van der Waals surface area contributed by atoms with E-state index in [1.54, 1.807) is 0 Å². The summed E-state index contributed by atoms with van der Waals surface area (Å²) >= 11 is 4.47. The average Bonchev–Trinajstić information content (AvgIpc) is 3.16. The van der Waals surface area contributed by atoms with Gasteiger partial charge in [-0.25, -0.2) is 9.99 Å². The molecule has 1 saturated heterocycles. The summed E-state index contributed by atoms with van der Waals surface area (Å²) in [6, 6.07) is 12.5. The monoisotopic (exact) mass is 393 g/mol. The highest BCUT2D eigenvalue weighted by Gasteiger charge is 2.17. The molecule has 3 heterocycles. The Morgan fingerprint density at radius 3 is 2.79 bits per heavy atom. The van der Waals surface area contributed by atoms with Crippen molar-refractivity contribution in [1.82, 2.24) is 25.7 Å². The highest BCUT2D eigenvalue weighted by atomic mass is 32.1. The zero-order chi connectivity index (χ0) is 19.3. The van der Waals surface area contributed by atoms with Crippen LogP contribution in [0.4, 0.5) is 0 Å². The first-order valence-corrected chi connectivity index (χ1v) is 10.3. The number of thiol groups is 1. The van der Waals surface area contributed by atoms with E-state index in [-0.39, 0.29) is 0 Å². The van der Waals surface area contributed by atoms with Gasteiger partial charge in [-0.1, -0.05) is 30.3 Å². The molecular formula is C22H27N5S. The van der Waals surface area contributed by atoms with Crippen LogP contribution in [-0.2, 0) is 0 Å². The fraction of sp³-hybridized carbons (Fsp3) is 0.318. The number of rotatable bonds is 6. The maximum Gasteiger partial charge on any atom is 0.137 e. The second-order valence-electron chi connectivity index (χ2n) is 7.42. The van der Waals surface area contributed by atoms with Gasteiger partial charge in [-0.15, -0.1) is 12.6 Å². The van der Waals surface area contributed by atoms with Crippen molar-refractivity contribution in [3.05, 3.63) is 59.8 Å². The van der Waals surface area contributed by atoms with E-state index in [0.717, 1.165) is 53.1 Å². The molecule has 0 spiro atoms. The van der Waals surface area contributed by atoms with E-state index in [4.69, 9.17) is 0 Å². The van der Waals surface area contributed by atoms with Crippen LogP contribution < -0.4 is 10.7 Å². The van der Waals surface area contributed by atoms with Crippen LogP contribution >= 0.6 is 12.6 Å². The first-order valence-electron chi connectivity index (χ1n) is 9.80. The fourth-order valence-corrected chi connectivity index (χ4v) is 4.07. The molecule has 3 N–H and O–H groups in total. The smallest absolute Gasteiger partial charge is 0.137 e. The minimum atomic E-state index is 0.717. The quantitative estimate of drug-likeness (QED) is 0.379. The van der Waals surface area contributed by atoms with E-state index >= 15 is 0 Å². The van der Waals surface area contributed by atoms with Crippen LogP contribution in [0.5, 0.6) is 0 Å². The summed E-state index contributed by atoms with van der Waals surface area (Å²) in [5.41, 5.74) is 8.71. The molecule has 0 bridgehead atoms. The van der Waals surface area contributed by atoms with Gasteiger partial charge in [0.05, 0.1) is 5.70 Å². The Labute approximate surface area is 171 Å². The van der Waals surface area contributed by atoms with Crippen molar-refractivity contribution in [2.24, 2.45) is 5.92 Å². The third kappa shape index (κ3) is 4.24. The number of aromatic nitrogens is 2. The Balaban J connectivity index is 1.56. The van der Waals surface area contributed by atoms with Crippen LogP contribution in [0.25, 0.3) is 27.9 Å². The van der Waals surface area contributed by atoms with Crippen LogP contribution in [0.15, 0.2) is 54.2 Å². The van der Waals surface area contributed by atoms with E-state index < -0.39 is 0 Å². The zero-order valence-electron chi connectivity index (χ0n) is 16.2. The summed E-state index contributed by atoms with van der Waals surface area (Å²) in [5.74, 6) is 0.717. The molecule has 1 aliphatic heterocycles. The molecule has 4 rings (SSSR count). The number of benzene rings is 1. The number of fused-ring (bicyclic) bond motifs is 1. The molecule has 146 valence electrons. The lowest BCUT2D eigenvalue weighted by Gasteiger charge is -2.29. The summed E-state index contributed by atoms with van der Waals surface area (Å²) in [7, 11) is 2.10. The SMILES string of the molecule is CN(CC1CCNCC1)N/C(=C\S)c1c[nH]c2ncc(-c3ccccc3)cc12. The third-order valence-electron chi connectivity index (χ3n) is 5.36. The van der Waals surface area contributed by atoms with Gasteiger partial charge in [0.15, 0.2) is 0 Å². The summed E-state index contributed by atoms with van der Waals surface area (Å²) in [5, 5.41) is 8.52. The second-order valence-corrected chi connectivity index (χ2v) is 7.68. The number of nitrogens with one attached hydrogen (secondary N) is 3. The fourth-order valence-electron chi connectivity index (χ4n) is 3.88. The number of hydrogen-bond donors (Lipinski definition) is 4. The van der Waals surface area contributed by atoms with Gasteiger partial charge in [-0.2, -0.15) is 0 Å². The lowest BCUT2D eigenvalue weighted by Crippen LogP contribution is -2.40. The van der Waals surface area contributed by atoms with Gasteiger partial charge in [0, 0.05) is 42.5 Å². The summed E-state index contributed by atoms with van der Waals surface area (Å²) < 4.78 is 0. The molecule has 0 radical (unpaired) electrons. The van der Waals surface area contributed by atoms with Crippen molar-refractivity contribution < 1.29 is 0 Å². The van der Waals surface area contributed by atoms with E-state index in [0.29, 0.717) is 5.92 Å². The number of H-pyrrole nitrogens is 1. The molecule has 5 nitrogen and oxygen atoms in total. The predicted molar refractivity (Wildman–Crippen MR) is 120 cm³/mol. The Bertz CT molecular complexity index is 944. The van der Waals surface area contributed by atoms with Crippen LogP contribution in [-0.4, -0.2) is 41.7 Å². The van der Waals surface area contributed by atoms with E-state index in [9.17, 15) is 0 Å². The van der Waals surface area contributed by atoms with Gasteiger partial charge >= 0.3 is 0 Å². The number of pyridine rings is 1. The van der Waals surface area contributed by atoms with Crippen LogP contribution in [0.1, 0.15) is 18.4 Å². The normalized spacial score (nSPS) is 16.0. The molecule has 28 heavy (non-hydrogen) atoms. The van der Waals surface area contributed by atoms with Gasteiger partial charge in [0.25, 0.3) is 0 Å². The van der Waals surface area contributed by atoms with E-state index in [1.165, 1.54) is 12.8 Å². The molecule has 0 atom stereocenters. The molecule has 0 saturated carbocycles. The highest BCUT2D eigenvalue weighted by Crippen LogP contribution is 2.28. The van der Waals surface area contributed by atoms with Gasteiger partial charge in [0.1, 0.15) is 5.65 Å². The lowest BCUT2D eigenvalue weighted by atomic mass is 9.98. The first kappa shape index (κ1) is 19.1. The number of hydrogen-bond acceptors (Lipinski definition) is 5. The molecule has 2 aromatic heterocycles. The molecular weight excluding hydrogens is 366 g/mol. The standard InChI is InChI=1S/C22H27N5S/c1-27(14-16-7-9-23-10-8-16)26-21(15-28)20-13-25-22-19(20)11-18(12-24-22)17-5-3-2-4-6-17/h2-6,11-13,15-16,23,26,28H,7-10,14H2,1H3,(H,24,25)/b21-15-. The molecule has 1 fully saturated rings. The summed E-state index contributed by atoms with van der Waals surface area (Å²) in [4.78, 5) is 7.90. The molecule has 0 aliphatic carbocycles. The molecule has 3 aromatic rings. The average molecular weight is 394 g/mol. The zero-order valence-corrected chi connectivity index (χ0v) is 17.0. The Morgan fingerprint density at radius 1 is 1.25 bits per heavy atom. The minimum absolute atomic E-state index is 0.717. The number of aromatic amines is 1. The maximum absolute atomic E-state index is 4.61. The van der Waals surface area contributed by atoms with Crippen LogP contribution in [0.2, 0.25) is 0 Å². The Morgan fingerprint density at radius 2 is 2.04 bits per heavy atom. The lowest BCUT2D eigenvalue weighted by molar-refractivity contribution is 0.209. The van der Waals surface area contributed by atoms with Gasteiger partial charge in [-0.3, -0.25) is 0 Å². The Hall–Kier alpha value is -2.28. The summed E-state index contributed by atoms with van der Waals surface area (Å²) in [6.07, 6.45) is 6.37. The van der Waals surface area contributed by atoms with Crippen molar-refractivity contribution in [3.8, 4) is 11.1 Å². The largest absolute Gasteiger partial charge is 0.345 e. The van der Waals surface area contributed by atoms with Crippen molar-refractivity contribution in [1.29, 1.82) is 0 Å². The third-order valence-corrected chi connectivity index (χ3v) is 5.62. The van der Waals surface area contributed by atoms with E-state index in [1.807, 2.05) is 36.0 Å². The predicted octanol–water partition coefficient (Wildman–Crippen LogP) is 3.89. The molecule has 1 aromatic carbocycles.